The van der Waals surface area contributed by atoms with E-state index in [9.17, 15) is 0 Å². The lowest BCUT2D eigenvalue weighted by Crippen LogP contribution is -2.24. The topological polar surface area (TPSA) is 29.9 Å². The molecular weight excluding hydrogens is 246 g/mol. The van der Waals surface area contributed by atoms with E-state index in [1.807, 2.05) is 16.9 Å². The quantitative estimate of drug-likeness (QED) is 0.911. The van der Waals surface area contributed by atoms with Gasteiger partial charge in [-0.15, -0.1) is 0 Å². The number of benzene rings is 1. The Labute approximate surface area is 121 Å². The molecule has 3 nitrogen and oxygen atoms in total. The predicted octanol–water partition coefficient (Wildman–Crippen LogP) is 3.92. The van der Waals surface area contributed by atoms with E-state index >= 15 is 0 Å². The largest absolute Gasteiger partial charge is 0.380 e. The molecule has 0 atom stereocenters. The first-order valence-electron chi connectivity index (χ1n) is 7.62. The van der Waals surface area contributed by atoms with Crippen molar-refractivity contribution in [2.75, 3.05) is 5.32 Å². The van der Waals surface area contributed by atoms with Gasteiger partial charge in [0.25, 0.3) is 0 Å². The molecule has 1 fully saturated rings. The van der Waals surface area contributed by atoms with Crippen LogP contribution in [-0.4, -0.2) is 15.8 Å². The average Bonchev–Trinajstić information content (AvgIpc) is 2.90. The average molecular weight is 269 g/mol. The van der Waals surface area contributed by atoms with Gasteiger partial charge in [0.05, 0.1) is 18.4 Å². The molecule has 1 aliphatic carbocycles. The lowest BCUT2D eigenvalue weighted by molar-refractivity contribution is 0.361. The van der Waals surface area contributed by atoms with Crippen LogP contribution in [0.2, 0.25) is 0 Å². The van der Waals surface area contributed by atoms with Gasteiger partial charge in [-0.1, -0.05) is 37.3 Å². The van der Waals surface area contributed by atoms with Crippen LogP contribution in [0.15, 0.2) is 42.7 Å². The van der Waals surface area contributed by atoms with E-state index < -0.39 is 0 Å². The molecule has 1 saturated carbocycles. The Morgan fingerprint density at radius 1 is 1.15 bits per heavy atom. The Morgan fingerprint density at radius 3 is 2.65 bits per heavy atom. The van der Waals surface area contributed by atoms with Crippen LogP contribution in [0.5, 0.6) is 0 Å². The summed E-state index contributed by atoms with van der Waals surface area (Å²) in [5, 5.41) is 8.07. The summed E-state index contributed by atoms with van der Waals surface area (Å²) in [5.74, 6) is 0.897. The molecule has 1 aliphatic rings. The summed E-state index contributed by atoms with van der Waals surface area (Å²) in [6.07, 6.45) is 9.31. The molecule has 3 heteroatoms. The van der Waals surface area contributed by atoms with E-state index in [0.29, 0.717) is 6.04 Å². The first-order chi connectivity index (χ1) is 9.79. The minimum absolute atomic E-state index is 0.626. The van der Waals surface area contributed by atoms with Crippen molar-refractivity contribution in [2.45, 2.75) is 45.2 Å². The van der Waals surface area contributed by atoms with Gasteiger partial charge in [0.2, 0.25) is 0 Å². The maximum absolute atomic E-state index is 4.45. The fraction of sp³-hybridized carbons (Fsp3) is 0.471. The molecule has 0 aliphatic heterocycles. The first-order valence-corrected chi connectivity index (χ1v) is 7.62. The van der Waals surface area contributed by atoms with Crippen LogP contribution >= 0.6 is 0 Å². The molecule has 0 spiro atoms. The zero-order chi connectivity index (χ0) is 13.8. The second-order valence-corrected chi connectivity index (χ2v) is 6.01. The van der Waals surface area contributed by atoms with E-state index in [1.165, 1.54) is 31.2 Å². The molecule has 0 radical (unpaired) electrons. The second-order valence-electron chi connectivity index (χ2n) is 6.01. The number of rotatable bonds is 4. The van der Waals surface area contributed by atoms with E-state index in [4.69, 9.17) is 0 Å². The molecule has 2 aromatic rings. The monoisotopic (exact) mass is 269 g/mol. The van der Waals surface area contributed by atoms with Crippen LogP contribution in [0.4, 0.5) is 5.69 Å². The van der Waals surface area contributed by atoms with Crippen LogP contribution in [0, 0.1) is 5.92 Å². The maximum Gasteiger partial charge on any atom is 0.0728 e. The smallest absolute Gasteiger partial charge is 0.0728 e. The zero-order valence-electron chi connectivity index (χ0n) is 12.1. The highest BCUT2D eigenvalue weighted by molar-refractivity contribution is 5.39. The number of hydrogen-bond donors (Lipinski definition) is 1. The molecular formula is C17H23N3. The molecule has 1 N–H and O–H groups in total. The Morgan fingerprint density at radius 2 is 1.90 bits per heavy atom. The summed E-state index contributed by atoms with van der Waals surface area (Å²) >= 11 is 0. The Balaban J connectivity index is 1.57. The molecule has 106 valence electrons. The van der Waals surface area contributed by atoms with Crippen molar-refractivity contribution in [3.05, 3.63) is 48.3 Å². The van der Waals surface area contributed by atoms with Gasteiger partial charge in [0.1, 0.15) is 0 Å². The van der Waals surface area contributed by atoms with E-state index in [-0.39, 0.29) is 0 Å². The van der Waals surface area contributed by atoms with Crippen molar-refractivity contribution in [2.24, 2.45) is 5.92 Å². The number of nitrogens with zero attached hydrogens (tertiary/aromatic N) is 2. The highest BCUT2D eigenvalue weighted by Gasteiger charge is 2.18. The highest BCUT2D eigenvalue weighted by atomic mass is 15.3. The standard InChI is InChI=1S/C17H23N3/c1-14-7-9-16(10-8-14)19-17-11-18-20(13-17)12-15-5-3-2-4-6-15/h2-6,11,13-14,16,19H,7-10,12H2,1H3. The van der Waals surface area contributed by atoms with Crippen LogP contribution in [0.1, 0.15) is 38.2 Å². The van der Waals surface area contributed by atoms with Crippen molar-refractivity contribution < 1.29 is 0 Å². The Hall–Kier alpha value is -1.77. The maximum atomic E-state index is 4.45. The summed E-state index contributed by atoms with van der Waals surface area (Å²) in [6, 6.07) is 11.1. The third-order valence-corrected chi connectivity index (χ3v) is 4.21. The SMILES string of the molecule is CC1CCC(Nc2cnn(Cc3ccccc3)c2)CC1. The van der Waals surface area contributed by atoms with Crippen molar-refractivity contribution >= 4 is 5.69 Å². The van der Waals surface area contributed by atoms with E-state index in [1.54, 1.807) is 0 Å². The minimum atomic E-state index is 0.626. The summed E-state index contributed by atoms with van der Waals surface area (Å²) in [6.45, 7) is 3.19. The summed E-state index contributed by atoms with van der Waals surface area (Å²) in [5.41, 5.74) is 2.44. The van der Waals surface area contributed by atoms with Crippen LogP contribution in [-0.2, 0) is 6.54 Å². The fourth-order valence-electron chi connectivity index (χ4n) is 2.94. The van der Waals surface area contributed by atoms with Crippen molar-refractivity contribution in [3.8, 4) is 0 Å². The van der Waals surface area contributed by atoms with Gasteiger partial charge in [0.15, 0.2) is 0 Å². The third-order valence-electron chi connectivity index (χ3n) is 4.21. The molecule has 0 saturated heterocycles. The van der Waals surface area contributed by atoms with Gasteiger partial charge in [-0.05, 0) is 37.2 Å². The number of nitrogens with one attached hydrogen (secondary N) is 1. The van der Waals surface area contributed by atoms with Gasteiger partial charge in [0, 0.05) is 12.2 Å². The van der Waals surface area contributed by atoms with E-state index in [2.05, 4.69) is 47.8 Å². The fourth-order valence-corrected chi connectivity index (χ4v) is 2.94. The summed E-state index contributed by atoms with van der Waals surface area (Å²) < 4.78 is 2.00. The first kappa shape index (κ1) is 13.2. The molecule has 1 heterocycles. The van der Waals surface area contributed by atoms with Gasteiger partial charge in [-0.2, -0.15) is 5.10 Å². The Kier molecular flexibility index (Phi) is 4.05. The number of hydrogen-bond acceptors (Lipinski definition) is 2. The molecule has 20 heavy (non-hydrogen) atoms. The predicted molar refractivity (Wildman–Crippen MR) is 82.8 cm³/mol. The van der Waals surface area contributed by atoms with Crippen LogP contribution in [0.3, 0.4) is 0 Å². The molecule has 1 aromatic heterocycles. The Bertz CT molecular complexity index is 524. The van der Waals surface area contributed by atoms with Crippen molar-refractivity contribution in [3.63, 3.8) is 0 Å². The van der Waals surface area contributed by atoms with Gasteiger partial charge in [-0.25, -0.2) is 0 Å². The van der Waals surface area contributed by atoms with E-state index in [0.717, 1.165) is 18.2 Å². The lowest BCUT2D eigenvalue weighted by atomic mass is 9.87. The zero-order valence-corrected chi connectivity index (χ0v) is 12.1. The molecule has 0 amide bonds. The van der Waals surface area contributed by atoms with Crippen molar-refractivity contribution in [1.29, 1.82) is 0 Å². The molecule has 3 rings (SSSR count). The van der Waals surface area contributed by atoms with Gasteiger partial charge >= 0.3 is 0 Å². The number of aromatic nitrogens is 2. The highest BCUT2D eigenvalue weighted by Crippen LogP contribution is 2.25. The molecule has 1 aromatic carbocycles. The second kappa shape index (κ2) is 6.12. The van der Waals surface area contributed by atoms with Crippen LogP contribution in [0.25, 0.3) is 0 Å². The van der Waals surface area contributed by atoms with Gasteiger partial charge < -0.3 is 5.32 Å². The normalized spacial score (nSPS) is 22.6. The minimum Gasteiger partial charge on any atom is -0.380 e. The van der Waals surface area contributed by atoms with Crippen molar-refractivity contribution in [1.82, 2.24) is 9.78 Å². The van der Waals surface area contributed by atoms with Crippen LogP contribution < -0.4 is 5.32 Å². The molecule has 0 unspecified atom stereocenters. The van der Waals surface area contributed by atoms with Gasteiger partial charge in [-0.3, -0.25) is 4.68 Å². The molecule has 0 bridgehead atoms. The summed E-state index contributed by atoms with van der Waals surface area (Å²) in [4.78, 5) is 0. The third kappa shape index (κ3) is 3.41. The number of anilines is 1. The summed E-state index contributed by atoms with van der Waals surface area (Å²) in [7, 11) is 0. The lowest BCUT2D eigenvalue weighted by Gasteiger charge is -2.27.